The highest BCUT2D eigenvalue weighted by molar-refractivity contribution is 6.00. The average Bonchev–Trinajstić information content (AvgIpc) is 2.63. The molecule has 0 aliphatic carbocycles. The predicted molar refractivity (Wildman–Crippen MR) is 96.7 cm³/mol. The van der Waals surface area contributed by atoms with E-state index in [0.717, 1.165) is 12.1 Å². The number of fused-ring (bicyclic) bond motifs is 1. The van der Waals surface area contributed by atoms with Crippen molar-refractivity contribution in [1.29, 1.82) is 0 Å². The second-order valence-electron chi connectivity index (χ2n) is 6.05. The monoisotopic (exact) mass is 338 g/mol. The molecule has 1 aliphatic rings. The van der Waals surface area contributed by atoms with Crippen molar-refractivity contribution in [2.24, 2.45) is 0 Å². The zero-order valence-electron chi connectivity index (χ0n) is 14.3. The summed E-state index contributed by atoms with van der Waals surface area (Å²) in [7, 11) is 0. The number of rotatable bonds is 6. The van der Waals surface area contributed by atoms with Crippen molar-refractivity contribution < 1.29 is 14.3 Å². The third-order valence-electron chi connectivity index (χ3n) is 4.21. The van der Waals surface area contributed by atoms with Crippen LogP contribution in [0.1, 0.15) is 18.9 Å². The smallest absolute Gasteiger partial charge is 0.267 e. The van der Waals surface area contributed by atoms with Gasteiger partial charge in [0.25, 0.3) is 5.91 Å². The number of benzene rings is 2. The molecule has 2 aromatic carbocycles. The van der Waals surface area contributed by atoms with Crippen molar-refractivity contribution in [1.82, 2.24) is 5.32 Å². The number of para-hydroxylation sites is 2. The number of hydrogen-bond donors (Lipinski definition) is 1. The van der Waals surface area contributed by atoms with E-state index < -0.39 is 6.10 Å². The van der Waals surface area contributed by atoms with Crippen LogP contribution in [0.2, 0.25) is 0 Å². The van der Waals surface area contributed by atoms with Gasteiger partial charge in [0.2, 0.25) is 5.91 Å². The van der Waals surface area contributed by atoms with Gasteiger partial charge in [-0.2, -0.15) is 0 Å². The molecule has 3 rings (SSSR count). The van der Waals surface area contributed by atoms with Crippen molar-refractivity contribution in [2.45, 2.75) is 25.9 Å². The van der Waals surface area contributed by atoms with Gasteiger partial charge >= 0.3 is 0 Å². The quantitative estimate of drug-likeness (QED) is 0.881. The zero-order valence-corrected chi connectivity index (χ0v) is 14.3. The maximum atomic E-state index is 12.4. The first kappa shape index (κ1) is 17.0. The molecule has 0 spiro atoms. The Balaban J connectivity index is 1.52. The predicted octanol–water partition coefficient (Wildman–Crippen LogP) is 2.55. The normalized spacial score (nSPS) is 16.1. The highest BCUT2D eigenvalue weighted by Crippen LogP contribution is 2.33. The summed E-state index contributed by atoms with van der Waals surface area (Å²) in [5.74, 6) is 0.509. The third kappa shape index (κ3) is 4.18. The van der Waals surface area contributed by atoms with E-state index in [-0.39, 0.29) is 18.2 Å². The second-order valence-corrected chi connectivity index (χ2v) is 6.05. The van der Waals surface area contributed by atoms with Gasteiger partial charge in [0.05, 0.1) is 5.69 Å². The molecule has 1 unspecified atom stereocenters. The summed E-state index contributed by atoms with van der Waals surface area (Å²) < 4.78 is 5.60. The van der Waals surface area contributed by atoms with Gasteiger partial charge in [-0.15, -0.1) is 0 Å². The van der Waals surface area contributed by atoms with Gasteiger partial charge in [0, 0.05) is 19.5 Å². The Morgan fingerprint density at radius 1 is 1.12 bits per heavy atom. The molecule has 0 radical (unpaired) electrons. The Hall–Kier alpha value is -2.82. The van der Waals surface area contributed by atoms with Crippen LogP contribution in [-0.2, 0) is 16.0 Å². The van der Waals surface area contributed by atoms with Crippen LogP contribution in [0.4, 0.5) is 5.69 Å². The van der Waals surface area contributed by atoms with Crippen LogP contribution >= 0.6 is 0 Å². The lowest BCUT2D eigenvalue weighted by Crippen LogP contribution is -2.45. The topological polar surface area (TPSA) is 58.6 Å². The number of anilines is 1. The van der Waals surface area contributed by atoms with E-state index in [9.17, 15) is 9.59 Å². The summed E-state index contributed by atoms with van der Waals surface area (Å²) in [5.41, 5.74) is 1.91. The molecule has 0 fully saturated rings. The Morgan fingerprint density at radius 2 is 1.84 bits per heavy atom. The van der Waals surface area contributed by atoms with Gasteiger partial charge in [-0.1, -0.05) is 42.5 Å². The van der Waals surface area contributed by atoms with E-state index in [1.165, 1.54) is 5.56 Å². The van der Waals surface area contributed by atoms with Crippen LogP contribution in [0.25, 0.3) is 0 Å². The first-order valence-electron chi connectivity index (χ1n) is 8.53. The SMILES string of the molecule is CC1Oc2ccccc2N(CCC(=O)NCCc2ccccc2)C1=O. The van der Waals surface area contributed by atoms with Crippen molar-refractivity contribution in [3.63, 3.8) is 0 Å². The summed E-state index contributed by atoms with van der Waals surface area (Å²) in [4.78, 5) is 26.1. The van der Waals surface area contributed by atoms with Gasteiger partial charge in [-0.05, 0) is 31.0 Å². The molecule has 1 heterocycles. The minimum atomic E-state index is -0.531. The molecule has 25 heavy (non-hydrogen) atoms. The lowest BCUT2D eigenvalue weighted by Gasteiger charge is -2.32. The fourth-order valence-electron chi connectivity index (χ4n) is 2.88. The van der Waals surface area contributed by atoms with E-state index in [1.807, 2.05) is 54.6 Å². The maximum absolute atomic E-state index is 12.4. The minimum absolute atomic E-state index is 0.0552. The van der Waals surface area contributed by atoms with Crippen LogP contribution in [0.15, 0.2) is 54.6 Å². The summed E-state index contributed by atoms with van der Waals surface area (Å²) in [6.45, 7) is 2.67. The van der Waals surface area contributed by atoms with Gasteiger partial charge in [0.1, 0.15) is 5.75 Å². The Morgan fingerprint density at radius 3 is 2.64 bits per heavy atom. The van der Waals surface area contributed by atoms with Gasteiger partial charge in [-0.25, -0.2) is 0 Å². The van der Waals surface area contributed by atoms with Crippen molar-refractivity contribution >= 4 is 17.5 Å². The van der Waals surface area contributed by atoms with E-state index in [1.54, 1.807) is 11.8 Å². The number of nitrogens with zero attached hydrogens (tertiary/aromatic N) is 1. The van der Waals surface area contributed by atoms with Crippen molar-refractivity contribution in [2.75, 3.05) is 18.0 Å². The molecule has 5 nitrogen and oxygen atoms in total. The largest absolute Gasteiger partial charge is 0.479 e. The lowest BCUT2D eigenvalue weighted by atomic mass is 10.1. The summed E-state index contributed by atoms with van der Waals surface area (Å²) in [6, 6.07) is 17.4. The van der Waals surface area contributed by atoms with Crippen LogP contribution in [-0.4, -0.2) is 31.0 Å². The fourth-order valence-corrected chi connectivity index (χ4v) is 2.88. The van der Waals surface area contributed by atoms with Crippen molar-refractivity contribution in [3.05, 3.63) is 60.2 Å². The second kappa shape index (κ2) is 7.83. The minimum Gasteiger partial charge on any atom is -0.479 e. The average molecular weight is 338 g/mol. The number of amides is 2. The number of nitrogens with one attached hydrogen (secondary N) is 1. The Bertz CT molecular complexity index is 746. The molecule has 0 bridgehead atoms. The Labute approximate surface area is 147 Å². The summed E-state index contributed by atoms with van der Waals surface area (Å²) >= 11 is 0. The first-order valence-corrected chi connectivity index (χ1v) is 8.53. The summed E-state index contributed by atoms with van der Waals surface area (Å²) in [5, 5.41) is 2.91. The first-order chi connectivity index (χ1) is 12.1. The van der Waals surface area contributed by atoms with Crippen LogP contribution in [0, 0.1) is 0 Å². The van der Waals surface area contributed by atoms with E-state index in [2.05, 4.69) is 5.32 Å². The molecular formula is C20H22N2O3. The van der Waals surface area contributed by atoms with Crippen LogP contribution in [0.5, 0.6) is 5.75 Å². The number of carbonyl (C=O) groups excluding carboxylic acids is 2. The standard InChI is InChI=1S/C20H22N2O3/c1-15-20(24)22(17-9-5-6-10-18(17)25-15)14-12-19(23)21-13-11-16-7-3-2-4-8-16/h2-10,15H,11-14H2,1H3,(H,21,23). The molecule has 1 atom stereocenters. The lowest BCUT2D eigenvalue weighted by molar-refractivity contribution is -0.125. The molecule has 0 saturated heterocycles. The number of hydrogen-bond acceptors (Lipinski definition) is 3. The molecule has 2 aromatic rings. The van der Waals surface area contributed by atoms with Gasteiger partial charge < -0.3 is 15.0 Å². The fraction of sp³-hybridized carbons (Fsp3) is 0.300. The molecule has 1 N–H and O–H groups in total. The molecule has 130 valence electrons. The van der Waals surface area contributed by atoms with Gasteiger partial charge in [-0.3, -0.25) is 9.59 Å². The molecule has 1 aliphatic heterocycles. The molecular weight excluding hydrogens is 316 g/mol. The highest BCUT2D eigenvalue weighted by Gasteiger charge is 2.31. The number of ether oxygens (including phenoxy) is 1. The van der Waals surface area contributed by atoms with E-state index in [4.69, 9.17) is 4.74 Å². The number of carbonyl (C=O) groups is 2. The Kier molecular flexibility index (Phi) is 5.33. The molecule has 0 saturated carbocycles. The zero-order chi connectivity index (χ0) is 17.6. The summed E-state index contributed by atoms with van der Waals surface area (Å²) in [6.07, 6.45) is 0.529. The van der Waals surface area contributed by atoms with Gasteiger partial charge in [0.15, 0.2) is 6.10 Å². The van der Waals surface area contributed by atoms with Crippen LogP contribution < -0.4 is 15.0 Å². The molecule has 2 amide bonds. The highest BCUT2D eigenvalue weighted by atomic mass is 16.5. The van der Waals surface area contributed by atoms with E-state index >= 15 is 0 Å². The molecule has 0 aromatic heterocycles. The third-order valence-corrected chi connectivity index (χ3v) is 4.21. The maximum Gasteiger partial charge on any atom is 0.267 e. The van der Waals surface area contributed by atoms with Crippen molar-refractivity contribution in [3.8, 4) is 5.75 Å². The molecule has 5 heteroatoms. The van der Waals surface area contributed by atoms with Crippen LogP contribution in [0.3, 0.4) is 0 Å². The van der Waals surface area contributed by atoms with E-state index in [0.29, 0.717) is 18.8 Å².